The fraction of sp³-hybridized carbons (Fsp3) is 0.588. The highest BCUT2D eigenvalue weighted by molar-refractivity contribution is 5.85. The molecule has 0 aromatic heterocycles. The van der Waals surface area contributed by atoms with Crippen LogP contribution in [-0.4, -0.2) is 65.7 Å². The number of nitrogens with zero attached hydrogens (tertiary/aromatic N) is 2. The number of rotatable bonds is 3. The van der Waals surface area contributed by atoms with Crippen molar-refractivity contribution in [2.45, 2.75) is 32.0 Å². The van der Waals surface area contributed by atoms with Gasteiger partial charge in [-0.3, -0.25) is 9.69 Å². The second-order valence-electron chi connectivity index (χ2n) is 6.44. The molecule has 0 radical (unpaired) electrons. The third-order valence-corrected chi connectivity index (χ3v) is 4.58. The van der Waals surface area contributed by atoms with E-state index in [4.69, 9.17) is 0 Å². The number of amides is 1. The zero-order valence-corrected chi connectivity index (χ0v) is 15.6. The summed E-state index contributed by atoms with van der Waals surface area (Å²) in [6.45, 7) is 6.97. The number of benzene rings is 1. The molecule has 24 heavy (non-hydrogen) atoms. The first kappa shape index (κ1) is 21.2. The fourth-order valence-electron chi connectivity index (χ4n) is 3.32. The van der Waals surface area contributed by atoms with Crippen molar-refractivity contribution in [1.29, 1.82) is 0 Å². The highest BCUT2D eigenvalue weighted by Gasteiger charge is 2.32. The molecule has 2 atom stereocenters. The van der Waals surface area contributed by atoms with Gasteiger partial charge in [0, 0.05) is 39.3 Å². The number of aliphatic hydroxyl groups is 1. The van der Waals surface area contributed by atoms with Crippen LogP contribution >= 0.6 is 24.8 Å². The Bertz CT molecular complexity index is 536. The van der Waals surface area contributed by atoms with Crippen LogP contribution in [-0.2, 0) is 11.3 Å². The van der Waals surface area contributed by atoms with Gasteiger partial charge in [0.05, 0.1) is 12.1 Å². The molecule has 0 bridgehead atoms. The standard InChI is InChI=1S/C17H25N3O2.2ClH/c1-13-3-2-4-14(9-13)12-19-5-7-20(8-6-19)17(22)16-10-15(21)11-18-16;;/h2-4,9,15-16,18,21H,5-8,10-12H2,1H3;2*1H. The maximum atomic E-state index is 12.4. The second kappa shape index (κ2) is 9.59. The molecule has 2 N–H and O–H groups in total. The zero-order valence-electron chi connectivity index (χ0n) is 14.0. The Balaban J connectivity index is 0.00000144. The number of aliphatic hydroxyl groups excluding tert-OH is 1. The summed E-state index contributed by atoms with van der Waals surface area (Å²) in [7, 11) is 0. The molecule has 3 rings (SSSR count). The molecular weight excluding hydrogens is 349 g/mol. The van der Waals surface area contributed by atoms with Crippen LogP contribution in [0.25, 0.3) is 0 Å². The van der Waals surface area contributed by atoms with Crippen molar-refractivity contribution in [1.82, 2.24) is 15.1 Å². The summed E-state index contributed by atoms with van der Waals surface area (Å²) in [4.78, 5) is 16.7. The van der Waals surface area contributed by atoms with Gasteiger partial charge in [-0.2, -0.15) is 0 Å². The molecule has 0 spiro atoms. The minimum atomic E-state index is -0.378. The summed E-state index contributed by atoms with van der Waals surface area (Å²) in [6.07, 6.45) is 0.166. The monoisotopic (exact) mass is 375 g/mol. The number of carbonyl (C=O) groups excluding carboxylic acids is 1. The van der Waals surface area contributed by atoms with Gasteiger partial charge in [0.1, 0.15) is 0 Å². The second-order valence-corrected chi connectivity index (χ2v) is 6.44. The maximum Gasteiger partial charge on any atom is 0.239 e. The van der Waals surface area contributed by atoms with Gasteiger partial charge in [-0.05, 0) is 18.9 Å². The Hall–Kier alpha value is -0.850. The molecule has 2 heterocycles. The van der Waals surface area contributed by atoms with Crippen LogP contribution in [0.15, 0.2) is 24.3 Å². The lowest BCUT2D eigenvalue weighted by Crippen LogP contribution is -2.52. The Labute approximate surface area is 156 Å². The largest absolute Gasteiger partial charge is 0.392 e. The predicted octanol–water partition coefficient (Wildman–Crippen LogP) is 1.21. The summed E-state index contributed by atoms with van der Waals surface area (Å²) < 4.78 is 0. The number of nitrogens with one attached hydrogen (secondary N) is 1. The minimum absolute atomic E-state index is 0. The molecule has 2 fully saturated rings. The zero-order chi connectivity index (χ0) is 15.5. The maximum absolute atomic E-state index is 12.4. The van der Waals surface area contributed by atoms with Crippen molar-refractivity contribution in [2.75, 3.05) is 32.7 Å². The molecule has 2 aliphatic heterocycles. The lowest BCUT2D eigenvalue weighted by molar-refractivity contribution is -0.135. The van der Waals surface area contributed by atoms with Crippen LogP contribution in [0.4, 0.5) is 0 Å². The summed E-state index contributed by atoms with van der Waals surface area (Å²) in [5.74, 6) is 0.145. The van der Waals surface area contributed by atoms with Gasteiger partial charge in [-0.15, -0.1) is 24.8 Å². The number of hydrogen-bond donors (Lipinski definition) is 2. The van der Waals surface area contributed by atoms with Crippen LogP contribution in [0.3, 0.4) is 0 Å². The van der Waals surface area contributed by atoms with E-state index < -0.39 is 0 Å². The van der Waals surface area contributed by atoms with Crippen molar-refractivity contribution in [3.8, 4) is 0 Å². The first-order chi connectivity index (χ1) is 10.6. The molecule has 1 aromatic rings. The number of carbonyl (C=O) groups is 1. The molecule has 0 saturated carbocycles. The molecule has 2 saturated heterocycles. The summed E-state index contributed by atoms with van der Waals surface area (Å²) >= 11 is 0. The SMILES string of the molecule is Cc1cccc(CN2CCN(C(=O)C3CC(O)CN3)CC2)c1.Cl.Cl. The molecule has 5 nitrogen and oxygen atoms in total. The normalized spacial score (nSPS) is 24.2. The first-order valence-corrected chi connectivity index (χ1v) is 8.10. The Morgan fingerprint density at radius 2 is 1.96 bits per heavy atom. The van der Waals surface area contributed by atoms with Gasteiger partial charge < -0.3 is 15.3 Å². The van der Waals surface area contributed by atoms with E-state index in [2.05, 4.69) is 41.4 Å². The molecule has 2 aliphatic rings. The van der Waals surface area contributed by atoms with Gasteiger partial charge in [-0.1, -0.05) is 29.8 Å². The summed E-state index contributed by atoms with van der Waals surface area (Å²) in [6, 6.07) is 8.40. The van der Waals surface area contributed by atoms with Crippen LogP contribution in [0.2, 0.25) is 0 Å². The molecule has 136 valence electrons. The minimum Gasteiger partial charge on any atom is -0.392 e. The number of β-amino-alcohol motifs (C(OH)–C–C–N with tert-alkyl or cyclic N) is 1. The summed E-state index contributed by atoms with van der Waals surface area (Å²) in [5, 5.41) is 12.6. The highest BCUT2D eigenvalue weighted by atomic mass is 35.5. The van der Waals surface area contributed by atoms with E-state index in [1.54, 1.807) is 0 Å². The quantitative estimate of drug-likeness (QED) is 0.833. The smallest absolute Gasteiger partial charge is 0.239 e. The molecule has 1 aromatic carbocycles. The Morgan fingerprint density at radius 1 is 1.25 bits per heavy atom. The van der Waals surface area contributed by atoms with Crippen LogP contribution in [0.5, 0.6) is 0 Å². The van der Waals surface area contributed by atoms with Crippen molar-refractivity contribution in [3.05, 3.63) is 35.4 Å². The van der Waals surface area contributed by atoms with Crippen molar-refractivity contribution >= 4 is 30.7 Å². The molecular formula is C17H27Cl2N3O2. The lowest BCUT2D eigenvalue weighted by Gasteiger charge is -2.36. The van der Waals surface area contributed by atoms with E-state index in [0.29, 0.717) is 13.0 Å². The van der Waals surface area contributed by atoms with E-state index in [1.165, 1.54) is 11.1 Å². The first-order valence-electron chi connectivity index (χ1n) is 8.10. The Morgan fingerprint density at radius 3 is 2.54 bits per heavy atom. The van der Waals surface area contributed by atoms with Gasteiger partial charge in [0.25, 0.3) is 0 Å². The van der Waals surface area contributed by atoms with Gasteiger partial charge in [-0.25, -0.2) is 0 Å². The van der Waals surface area contributed by atoms with E-state index in [1.807, 2.05) is 4.90 Å². The van der Waals surface area contributed by atoms with Crippen LogP contribution in [0.1, 0.15) is 17.5 Å². The number of piperazine rings is 1. The Kier molecular flexibility index (Phi) is 8.46. The van der Waals surface area contributed by atoms with Gasteiger partial charge >= 0.3 is 0 Å². The number of hydrogen-bond acceptors (Lipinski definition) is 4. The third kappa shape index (κ3) is 5.33. The van der Waals surface area contributed by atoms with Crippen molar-refractivity contribution in [3.63, 3.8) is 0 Å². The lowest BCUT2D eigenvalue weighted by atomic mass is 10.1. The van der Waals surface area contributed by atoms with E-state index in [9.17, 15) is 9.90 Å². The average Bonchev–Trinajstić information content (AvgIpc) is 2.94. The van der Waals surface area contributed by atoms with Gasteiger partial charge in [0.2, 0.25) is 5.91 Å². The van der Waals surface area contributed by atoms with Crippen molar-refractivity contribution < 1.29 is 9.90 Å². The van der Waals surface area contributed by atoms with Crippen molar-refractivity contribution in [2.24, 2.45) is 0 Å². The van der Waals surface area contributed by atoms with E-state index >= 15 is 0 Å². The highest BCUT2D eigenvalue weighted by Crippen LogP contribution is 2.14. The third-order valence-electron chi connectivity index (χ3n) is 4.58. The molecule has 2 unspecified atom stereocenters. The van der Waals surface area contributed by atoms with E-state index in [0.717, 1.165) is 32.7 Å². The average molecular weight is 376 g/mol. The van der Waals surface area contributed by atoms with E-state index in [-0.39, 0.29) is 42.9 Å². The van der Waals surface area contributed by atoms with Crippen LogP contribution < -0.4 is 5.32 Å². The number of halogens is 2. The summed E-state index contributed by atoms with van der Waals surface area (Å²) in [5.41, 5.74) is 2.62. The predicted molar refractivity (Wildman–Crippen MR) is 99.9 cm³/mol. The molecule has 7 heteroatoms. The van der Waals surface area contributed by atoms with Gasteiger partial charge in [0.15, 0.2) is 0 Å². The number of aryl methyl sites for hydroxylation is 1. The fourth-order valence-corrected chi connectivity index (χ4v) is 3.32. The molecule has 1 amide bonds. The van der Waals surface area contributed by atoms with Crippen LogP contribution in [0, 0.1) is 6.92 Å². The molecule has 0 aliphatic carbocycles. The topological polar surface area (TPSA) is 55.8 Å².